The molecule has 0 unspecified atom stereocenters. The van der Waals surface area contributed by atoms with Crippen LogP contribution in [0.2, 0.25) is 0 Å². The second-order valence-corrected chi connectivity index (χ2v) is 5.20. The maximum atomic E-state index is 11.8. The Morgan fingerprint density at radius 2 is 1.94 bits per heavy atom. The number of thiocarbonyl (C=S) groups is 1. The highest BCUT2D eigenvalue weighted by molar-refractivity contribution is 7.80. The lowest BCUT2D eigenvalue weighted by Gasteiger charge is -2.27. The highest BCUT2D eigenvalue weighted by Crippen LogP contribution is 2.10. The SMILES string of the molecule is COCCN(CCC(N)=S)C(=O)OC(C)(C)C. The molecule has 0 rings (SSSR count). The third-order valence-electron chi connectivity index (χ3n) is 1.85. The molecule has 0 heterocycles. The number of carbonyl (C=O) groups is 1. The lowest BCUT2D eigenvalue weighted by molar-refractivity contribution is 0.0208. The predicted octanol–water partition coefficient (Wildman–Crippen LogP) is 1.55. The third kappa shape index (κ3) is 8.88. The zero-order chi connectivity index (χ0) is 13.5. The first kappa shape index (κ1) is 16.1. The van der Waals surface area contributed by atoms with E-state index in [4.69, 9.17) is 27.4 Å². The Morgan fingerprint density at radius 3 is 2.35 bits per heavy atom. The molecule has 0 aliphatic carbocycles. The van der Waals surface area contributed by atoms with Gasteiger partial charge in [-0.05, 0) is 20.8 Å². The van der Waals surface area contributed by atoms with Crippen molar-refractivity contribution >= 4 is 23.3 Å². The fourth-order valence-corrected chi connectivity index (χ4v) is 1.16. The number of ether oxygens (including phenoxy) is 2. The van der Waals surface area contributed by atoms with E-state index >= 15 is 0 Å². The molecule has 17 heavy (non-hydrogen) atoms. The predicted molar refractivity (Wildman–Crippen MR) is 71.1 cm³/mol. The Kier molecular flexibility index (Phi) is 7.06. The Bertz CT molecular complexity index is 264. The normalized spacial score (nSPS) is 11.1. The molecule has 0 fully saturated rings. The van der Waals surface area contributed by atoms with Gasteiger partial charge in [0.05, 0.1) is 11.6 Å². The van der Waals surface area contributed by atoms with Gasteiger partial charge in [0.2, 0.25) is 0 Å². The van der Waals surface area contributed by atoms with Crippen molar-refractivity contribution in [2.24, 2.45) is 5.73 Å². The molecule has 0 aliphatic rings. The molecule has 0 aliphatic heterocycles. The summed E-state index contributed by atoms with van der Waals surface area (Å²) in [5, 5.41) is 0. The van der Waals surface area contributed by atoms with Gasteiger partial charge < -0.3 is 20.1 Å². The molecule has 6 heteroatoms. The van der Waals surface area contributed by atoms with E-state index in [1.165, 1.54) is 0 Å². The average molecular weight is 262 g/mol. The van der Waals surface area contributed by atoms with Gasteiger partial charge >= 0.3 is 6.09 Å². The molecular weight excluding hydrogens is 240 g/mol. The number of hydrogen-bond acceptors (Lipinski definition) is 4. The molecule has 5 nitrogen and oxygen atoms in total. The van der Waals surface area contributed by atoms with Crippen molar-refractivity contribution in [1.29, 1.82) is 0 Å². The molecule has 0 saturated heterocycles. The second-order valence-electron chi connectivity index (χ2n) is 4.68. The molecule has 0 radical (unpaired) electrons. The first-order chi connectivity index (χ1) is 7.76. The fraction of sp³-hybridized carbons (Fsp3) is 0.818. The quantitative estimate of drug-likeness (QED) is 0.736. The van der Waals surface area contributed by atoms with E-state index in [1.54, 1.807) is 12.0 Å². The van der Waals surface area contributed by atoms with E-state index < -0.39 is 5.60 Å². The van der Waals surface area contributed by atoms with Crippen LogP contribution >= 0.6 is 12.2 Å². The summed E-state index contributed by atoms with van der Waals surface area (Å²) < 4.78 is 10.2. The zero-order valence-corrected chi connectivity index (χ0v) is 11.8. The molecule has 0 aromatic rings. The van der Waals surface area contributed by atoms with Crippen molar-refractivity contribution in [2.75, 3.05) is 26.8 Å². The zero-order valence-electron chi connectivity index (χ0n) is 11.0. The van der Waals surface area contributed by atoms with Crippen molar-refractivity contribution < 1.29 is 14.3 Å². The smallest absolute Gasteiger partial charge is 0.410 e. The van der Waals surface area contributed by atoms with Crippen LogP contribution in [-0.4, -0.2) is 48.4 Å². The summed E-state index contributed by atoms with van der Waals surface area (Å²) in [5.74, 6) is 0. The number of rotatable bonds is 6. The van der Waals surface area contributed by atoms with Gasteiger partial charge in [-0.2, -0.15) is 0 Å². The van der Waals surface area contributed by atoms with E-state index in [9.17, 15) is 4.79 Å². The summed E-state index contributed by atoms with van der Waals surface area (Å²) >= 11 is 4.79. The Morgan fingerprint density at radius 1 is 1.35 bits per heavy atom. The molecule has 0 atom stereocenters. The maximum absolute atomic E-state index is 11.8. The molecule has 0 aromatic carbocycles. The summed E-state index contributed by atoms with van der Waals surface area (Å²) in [5.41, 5.74) is 4.91. The number of hydrogen-bond donors (Lipinski definition) is 1. The lowest BCUT2D eigenvalue weighted by atomic mass is 10.2. The van der Waals surface area contributed by atoms with Gasteiger partial charge in [-0.3, -0.25) is 0 Å². The minimum atomic E-state index is -0.508. The Balaban J connectivity index is 4.33. The van der Waals surface area contributed by atoms with E-state index in [2.05, 4.69) is 0 Å². The van der Waals surface area contributed by atoms with Crippen LogP contribution in [0.4, 0.5) is 4.79 Å². The standard InChI is InChI=1S/C11H22N2O3S/c1-11(2,3)16-10(14)13(7-8-15-4)6-5-9(12)17/h5-8H2,1-4H3,(H2,12,17). The minimum absolute atomic E-state index is 0.370. The number of nitrogens with two attached hydrogens (primary N) is 1. The molecule has 100 valence electrons. The summed E-state index contributed by atoms with van der Waals surface area (Å²) in [7, 11) is 1.58. The highest BCUT2D eigenvalue weighted by atomic mass is 32.1. The van der Waals surface area contributed by atoms with Crippen LogP contribution in [0.15, 0.2) is 0 Å². The van der Waals surface area contributed by atoms with Crippen LogP contribution in [0.1, 0.15) is 27.2 Å². The van der Waals surface area contributed by atoms with Gasteiger partial charge in [-0.1, -0.05) is 12.2 Å². The lowest BCUT2D eigenvalue weighted by Crippen LogP contribution is -2.40. The van der Waals surface area contributed by atoms with Gasteiger partial charge in [-0.15, -0.1) is 0 Å². The van der Waals surface area contributed by atoms with Crippen molar-refractivity contribution in [3.05, 3.63) is 0 Å². The van der Waals surface area contributed by atoms with E-state index in [0.29, 0.717) is 31.1 Å². The van der Waals surface area contributed by atoms with Crippen molar-refractivity contribution in [2.45, 2.75) is 32.8 Å². The van der Waals surface area contributed by atoms with Gasteiger partial charge in [0.1, 0.15) is 5.60 Å². The minimum Gasteiger partial charge on any atom is -0.444 e. The van der Waals surface area contributed by atoms with Crippen molar-refractivity contribution in [3.8, 4) is 0 Å². The fourth-order valence-electron chi connectivity index (χ4n) is 1.07. The van der Waals surface area contributed by atoms with Crippen molar-refractivity contribution in [3.63, 3.8) is 0 Å². The van der Waals surface area contributed by atoms with Crippen LogP contribution in [0.3, 0.4) is 0 Å². The molecule has 0 bridgehead atoms. The van der Waals surface area contributed by atoms with Crippen LogP contribution in [-0.2, 0) is 9.47 Å². The first-order valence-electron chi connectivity index (χ1n) is 5.51. The van der Waals surface area contributed by atoms with Crippen LogP contribution in [0, 0.1) is 0 Å². The van der Waals surface area contributed by atoms with Gasteiger partial charge in [-0.25, -0.2) is 4.79 Å². The molecule has 2 N–H and O–H groups in total. The van der Waals surface area contributed by atoms with E-state index in [0.717, 1.165) is 0 Å². The average Bonchev–Trinajstić information content (AvgIpc) is 2.14. The monoisotopic (exact) mass is 262 g/mol. The number of nitrogens with zero attached hydrogens (tertiary/aromatic N) is 1. The molecular formula is C11H22N2O3S. The maximum Gasteiger partial charge on any atom is 0.410 e. The van der Waals surface area contributed by atoms with E-state index in [1.807, 2.05) is 20.8 Å². The first-order valence-corrected chi connectivity index (χ1v) is 5.92. The van der Waals surface area contributed by atoms with Crippen LogP contribution in [0.25, 0.3) is 0 Å². The van der Waals surface area contributed by atoms with Gasteiger partial charge in [0, 0.05) is 26.6 Å². The molecule has 0 saturated carbocycles. The van der Waals surface area contributed by atoms with Crippen LogP contribution < -0.4 is 5.73 Å². The highest BCUT2D eigenvalue weighted by Gasteiger charge is 2.21. The summed E-state index contributed by atoms with van der Waals surface area (Å²) in [6.07, 6.45) is 0.115. The topological polar surface area (TPSA) is 64.8 Å². The number of methoxy groups -OCH3 is 1. The van der Waals surface area contributed by atoms with E-state index in [-0.39, 0.29) is 6.09 Å². The molecule has 0 spiro atoms. The molecule has 0 aromatic heterocycles. The summed E-state index contributed by atoms with van der Waals surface area (Å²) in [4.78, 5) is 13.8. The Hall–Kier alpha value is -0.880. The number of carbonyl (C=O) groups excluding carboxylic acids is 1. The van der Waals surface area contributed by atoms with Crippen molar-refractivity contribution in [1.82, 2.24) is 4.90 Å². The third-order valence-corrected chi connectivity index (χ3v) is 2.05. The Labute approximate surface area is 108 Å². The largest absolute Gasteiger partial charge is 0.444 e. The summed E-state index contributed by atoms with van der Waals surface area (Å²) in [6.45, 7) is 6.85. The second kappa shape index (κ2) is 7.45. The number of amides is 1. The molecule has 1 amide bonds. The van der Waals surface area contributed by atoms with Crippen LogP contribution in [0.5, 0.6) is 0 Å². The van der Waals surface area contributed by atoms with Gasteiger partial charge in [0.25, 0.3) is 0 Å². The summed E-state index contributed by atoms with van der Waals surface area (Å²) in [6, 6.07) is 0. The van der Waals surface area contributed by atoms with Gasteiger partial charge in [0.15, 0.2) is 0 Å².